The average Bonchev–Trinajstić information content (AvgIpc) is 3.02. The molecule has 8 nitrogen and oxygen atoms in total. The standard InChI is InChI=1S/C19H17ClN2O6S/c1-10-9-29-15(16(10)20)8-22-17(23)12(18(24)25)7-21(19(22)26)11-4-5-13(27-2)14(6-11)28-3/h4-7,9,12H,8H2,1-3H3/p+1. The summed E-state index contributed by atoms with van der Waals surface area (Å²) < 4.78 is 11.6. The first-order valence-corrected chi connectivity index (χ1v) is 9.71. The van der Waals surface area contributed by atoms with Crippen LogP contribution in [0.25, 0.3) is 0 Å². The van der Waals surface area contributed by atoms with Crippen molar-refractivity contribution in [3.63, 3.8) is 0 Å². The summed E-state index contributed by atoms with van der Waals surface area (Å²) >= 11 is 7.54. The van der Waals surface area contributed by atoms with Gasteiger partial charge in [0.05, 0.1) is 24.1 Å². The van der Waals surface area contributed by atoms with Gasteiger partial charge in [0.15, 0.2) is 11.5 Å². The number of carboxylic acids is 1. The van der Waals surface area contributed by atoms with Gasteiger partial charge in [0.1, 0.15) is 18.4 Å². The van der Waals surface area contributed by atoms with Crippen LogP contribution < -0.4 is 9.47 Å². The Morgan fingerprint density at radius 2 is 1.97 bits per heavy atom. The van der Waals surface area contributed by atoms with Crippen molar-refractivity contribution in [2.75, 3.05) is 14.2 Å². The van der Waals surface area contributed by atoms with Gasteiger partial charge in [-0.05, 0) is 30.0 Å². The molecule has 0 saturated heterocycles. The van der Waals surface area contributed by atoms with Gasteiger partial charge in [0.25, 0.3) is 0 Å². The third kappa shape index (κ3) is 3.83. The molecule has 0 aliphatic carbocycles. The first-order valence-electron chi connectivity index (χ1n) is 8.45. The normalized spacial score (nSPS) is 16.6. The molecule has 2 aromatic rings. The van der Waals surface area contributed by atoms with Crippen LogP contribution in [0.2, 0.25) is 5.02 Å². The Hall–Kier alpha value is -2.91. The maximum Gasteiger partial charge on any atom is 0.505 e. The van der Waals surface area contributed by atoms with E-state index in [-0.39, 0.29) is 6.54 Å². The number of carboxylic acid groups (broad SMARTS) is 1. The number of rotatable bonds is 6. The van der Waals surface area contributed by atoms with Crippen molar-refractivity contribution >= 4 is 52.7 Å². The Labute approximate surface area is 175 Å². The smallest absolute Gasteiger partial charge is 0.493 e. The van der Waals surface area contributed by atoms with Crippen LogP contribution in [0.1, 0.15) is 10.4 Å². The zero-order valence-corrected chi connectivity index (χ0v) is 17.4. The molecular weight excluding hydrogens is 420 g/mol. The number of aliphatic carboxylic acids is 1. The molecule has 152 valence electrons. The van der Waals surface area contributed by atoms with Crippen LogP contribution in [0, 0.1) is 12.8 Å². The highest BCUT2D eigenvalue weighted by molar-refractivity contribution is 7.10. The van der Waals surface area contributed by atoms with Crippen molar-refractivity contribution in [3.8, 4) is 11.5 Å². The molecule has 1 atom stereocenters. The lowest BCUT2D eigenvalue weighted by Gasteiger charge is -2.21. The minimum absolute atomic E-state index is 0.115. The maximum absolute atomic E-state index is 13.1. The van der Waals surface area contributed by atoms with Crippen LogP contribution in [0.15, 0.2) is 23.6 Å². The Bertz CT molecular complexity index is 1030. The molecule has 3 rings (SSSR count). The van der Waals surface area contributed by atoms with Crippen molar-refractivity contribution in [2.45, 2.75) is 13.5 Å². The third-order valence-corrected chi connectivity index (χ3v) is 6.18. The molecule has 3 amide bonds. The minimum Gasteiger partial charge on any atom is -0.493 e. The van der Waals surface area contributed by atoms with Gasteiger partial charge in [-0.15, -0.1) is 11.3 Å². The Kier molecular flexibility index (Phi) is 5.90. The molecule has 1 aromatic carbocycles. The van der Waals surface area contributed by atoms with E-state index in [0.29, 0.717) is 27.1 Å². The molecule has 0 radical (unpaired) electrons. The Balaban J connectivity index is 2.05. The molecule has 10 heteroatoms. The van der Waals surface area contributed by atoms with Crippen molar-refractivity contribution in [3.05, 3.63) is 39.0 Å². The number of halogens is 1. The van der Waals surface area contributed by atoms with Gasteiger partial charge >= 0.3 is 17.9 Å². The van der Waals surface area contributed by atoms with Gasteiger partial charge in [-0.2, -0.15) is 14.3 Å². The lowest BCUT2D eigenvalue weighted by Crippen LogP contribution is -2.51. The number of thiophene rings is 1. The van der Waals surface area contributed by atoms with E-state index in [1.54, 1.807) is 12.1 Å². The molecular formula is C19H18ClN2O6S+. The number of aryl methyl sites for hydroxylation is 1. The molecule has 2 heterocycles. The summed E-state index contributed by atoms with van der Waals surface area (Å²) in [5.41, 5.74) is 1.16. The maximum atomic E-state index is 13.1. The molecule has 0 saturated carbocycles. The van der Waals surface area contributed by atoms with Crippen molar-refractivity contribution in [2.24, 2.45) is 5.92 Å². The number of methoxy groups -OCH3 is 2. The zero-order chi connectivity index (χ0) is 21.3. The fraction of sp³-hybridized carbons (Fsp3) is 0.263. The first-order chi connectivity index (χ1) is 13.8. The van der Waals surface area contributed by atoms with E-state index in [1.807, 2.05) is 12.3 Å². The summed E-state index contributed by atoms with van der Waals surface area (Å²) in [6.45, 7) is 1.70. The molecule has 1 aliphatic heterocycles. The third-order valence-electron chi connectivity index (χ3n) is 4.45. The fourth-order valence-corrected chi connectivity index (χ4v) is 4.11. The SMILES string of the molecule is COc1ccc([N+]2=CC(C(=O)O)C(=O)N(Cc3scc(C)c3Cl)C2=O)cc1OC. The quantitative estimate of drug-likeness (QED) is 0.550. The Morgan fingerprint density at radius 1 is 1.28 bits per heavy atom. The number of ether oxygens (including phenoxy) is 2. The summed E-state index contributed by atoms with van der Waals surface area (Å²) in [5.74, 6) is -2.88. The zero-order valence-electron chi connectivity index (χ0n) is 15.8. The molecule has 1 unspecified atom stereocenters. The second-order valence-electron chi connectivity index (χ2n) is 6.24. The average molecular weight is 438 g/mol. The predicted octanol–water partition coefficient (Wildman–Crippen LogP) is 3.31. The topological polar surface area (TPSA) is 96.2 Å². The molecule has 0 fully saturated rings. The van der Waals surface area contributed by atoms with Gasteiger partial charge in [0.2, 0.25) is 5.92 Å². The van der Waals surface area contributed by atoms with E-state index in [9.17, 15) is 19.5 Å². The van der Waals surface area contributed by atoms with Gasteiger partial charge < -0.3 is 14.6 Å². The molecule has 0 bridgehead atoms. The molecule has 0 spiro atoms. The van der Waals surface area contributed by atoms with Crippen molar-refractivity contribution in [1.29, 1.82) is 0 Å². The monoisotopic (exact) mass is 437 g/mol. The predicted molar refractivity (Wildman–Crippen MR) is 107 cm³/mol. The highest BCUT2D eigenvalue weighted by Gasteiger charge is 2.47. The molecule has 1 aromatic heterocycles. The number of nitrogens with zero attached hydrogens (tertiary/aromatic N) is 2. The van der Waals surface area contributed by atoms with Crippen molar-refractivity contribution in [1.82, 2.24) is 4.90 Å². The van der Waals surface area contributed by atoms with Gasteiger partial charge in [0, 0.05) is 6.07 Å². The number of benzene rings is 1. The second-order valence-corrected chi connectivity index (χ2v) is 7.58. The fourth-order valence-electron chi connectivity index (χ4n) is 2.89. The second kappa shape index (κ2) is 8.22. The van der Waals surface area contributed by atoms with E-state index >= 15 is 0 Å². The minimum atomic E-state index is -1.51. The highest BCUT2D eigenvalue weighted by Crippen LogP contribution is 2.33. The van der Waals surface area contributed by atoms with E-state index in [4.69, 9.17) is 21.1 Å². The Morgan fingerprint density at radius 3 is 2.52 bits per heavy atom. The number of hydrogen-bond donors (Lipinski definition) is 1. The van der Waals surface area contributed by atoms with Crippen LogP contribution in [-0.4, -0.2) is 52.9 Å². The summed E-state index contributed by atoms with van der Waals surface area (Å²) in [4.78, 5) is 38.9. The van der Waals surface area contributed by atoms with Crippen LogP contribution in [0.4, 0.5) is 10.5 Å². The summed E-state index contributed by atoms with van der Waals surface area (Å²) in [7, 11) is 2.92. The van der Waals surface area contributed by atoms with E-state index in [2.05, 4.69) is 0 Å². The molecule has 1 aliphatic rings. The van der Waals surface area contributed by atoms with Crippen LogP contribution >= 0.6 is 22.9 Å². The van der Waals surface area contributed by atoms with E-state index < -0.39 is 23.8 Å². The number of carbonyl (C=O) groups excluding carboxylic acids is 2. The molecule has 29 heavy (non-hydrogen) atoms. The lowest BCUT2D eigenvalue weighted by atomic mass is 10.1. The number of carbonyl (C=O) groups is 3. The molecule has 1 N–H and O–H groups in total. The summed E-state index contributed by atoms with van der Waals surface area (Å²) in [6.07, 6.45) is 1.09. The van der Waals surface area contributed by atoms with Crippen LogP contribution in [-0.2, 0) is 16.1 Å². The van der Waals surface area contributed by atoms with E-state index in [0.717, 1.165) is 21.3 Å². The van der Waals surface area contributed by atoms with Gasteiger partial charge in [-0.1, -0.05) is 11.6 Å². The largest absolute Gasteiger partial charge is 0.505 e. The van der Waals surface area contributed by atoms with Gasteiger partial charge in [-0.25, -0.2) is 4.79 Å². The highest BCUT2D eigenvalue weighted by atomic mass is 35.5. The van der Waals surface area contributed by atoms with Crippen LogP contribution in [0.3, 0.4) is 0 Å². The lowest BCUT2D eigenvalue weighted by molar-refractivity contribution is -0.344. The summed E-state index contributed by atoms with van der Waals surface area (Å²) in [5, 5.41) is 11.8. The number of hydrogen-bond acceptors (Lipinski definition) is 6. The number of amides is 3. The first kappa shape index (κ1) is 20.8. The van der Waals surface area contributed by atoms with Crippen molar-refractivity contribution < 1.29 is 33.5 Å². The summed E-state index contributed by atoms with van der Waals surface area (Å²) in [6, 6.07) is 4.01. The number of urea groups is 1. The van der Waals surface area contributed by atoms with Crippen LogP contribution in [0.5, 0.6) is 11.5 Å². The number of imide groups is 1. The van der Waals surface area contributed by atoms with Gasteiger partial charge in [-0.3, -0.25) is 4.79 Å². The van der Waals surface area contributed by atoms with E-state index in [1.165, 1.54) is 31.6 Å².